The van der Waals surface area contributed by atoms with E-state index >= 15 is 0 Å². The number of piperidine rings is 1. The number of nitrogens with one attached hydrogen (secondary N) is 1. The number of thiazole rings is 1. The molecule has 4 heterocycles. The number of nitrogen functional groups attached to an aromatic ring is 1. The summed E-state index contributed by atoms with van der Waals surface area (Å²) in [5.74, 6) is 1.74. The number of methoxy groups -OCH3 is 1. The van der Waals surface area contributed by atoms with Gasteiger partial charge >= 0.3 is 0 Å². The largest absolute Gasteiger partial charge is 0.384 e. The van der Waals surface area contributed by atoms with E-state index in [1.165, 1.54) is 6.33 Å². The first-order chi connectivity index (χ1) is 12.2. The van der Waals surface area contributed by atoms with Crippen molar-refractivity contribution >= 4 is 44.1 Å². The van der Waals surface area contributed by atoms with Crippen LogP contribution in [0.4, 0.5) is 22.6 Å². The van der Waals surface area contributed by atoms with Gasteiger partial charge in [0.1, 0.15) is 18.0 Å². The fourth-order valence-corrected chi connectivity index (χ4v) is 3.97. The number of hydrogen-bond donors (Lipinski definition) is 2. The Labute approximate surface area is 149 Å². The topological polar surface area (TPSA) is 102 Å². The predicted molar refractivity (Wildman–Crippen MR) is 99.4 cm³/mol. The number of rotatable bonds is 4. The molecule has 0 saturated carbocycles. The maximum Gasteiger partial charge on any atom is 0.186 e. The van der Waals surface area contributed by atoms with Gasteiger partial charge in [-0.3, -0.25) is 0 Å². The first kappa shape index (κ1) is 16.0. The van der Waals surface area contributed by atoms with Crippen molar-refractivity contribution in [3.8, 4) is 0 Å². The molecule has 25 heavy (non-hydrogen) atoms. The minimum atomic E-state index is 0.264. The summed E-state index contributed by atoms with van der Waals surface area (Å²) in [6.45, 7) is 1.87. The summed E-state index contributed by atoms with van der Waals surface area (Å²) in [5, 5.41) is 4.20. The van der Waals surface area contributed by atoms with Crippen LogP contribution >= 0.6 is 11.3 Å². The summed E-state index contributed by atoms with van der Waals surface area (Å²) < 4.78 is 6.51. The highest BCUT2D eigenvalue weighted by Crippen LogP contribution is 2.35. The molecule has 8 nitrogen and oxygen atoms in total. The van der Waals surface area contributed by atoms with Gasteiger partial charge in [-0.1, -0.05) is 11.3 Å². The van der Waals surface area contributed by atoms with Crippen LogP contribution < -0.4 is 16.0 Å². The normalized spacial score (nSPS) is 17.8. The van der Waals surface area contributed by atoms with Gasteiger partial charge in [-0.15, -0.1) is 0 Å². The number of hydrogen-bond acceptors (Lipinski definition) is 9. The Balaban J connectivity index is 1.64. The van der Waals surface area contributed by atoms with Crippen LogP contribution in [0.5, 0.6) is 0 Å². The van der Waals surface area contributed by atoms with Gasteiger partial charge in [0.15, 0.2) is 10.9 Å². The maximum absolute atomic E-state index is 5.71. The lowest BCUT2D eigenvalue weighted by Crippen LogP contribution is -2.39. The molecule has 4 rings (SSSR count). The molecule has 9 heteroatoms. The van der Waals surface area contributed by atoms with Crippen molar-refractivity contribution in [1.82, 2.24) is 19.9 Å². The van der Waals surface area contributed by atoms with Crippen LogP contribution in [0, 0.1) is 0 Å². The minimum absolute atomic E-state index is 0.264. The standard InChI is InChI=1S/C16H19N7OS/c1-24-10-3-2-6-23(8-10)16-21-11-4-5-18-15(14(11)25-16)22-13-7-12(17)19-9-20-13/h4-5,7,9-10H,2-3,6,8H2,1H3,(H3,17,18,19,20,22)/t10-/m0/s1. The van der Waals surface area contributed by atoms with Gasteiger partial charge in [-0.2, -0.15) is 0 Å². The minimum Gasteiger partial charge on any atom is -0.384 e. The Morgan fingerprint density at radius 2 is 2.28 bits per heavy atom. The van der Waals surface area contributed by atoms with E-state index in [-0.39, 0.29) is 6.10 Å². The Bertz CT molecular complexity index is 884. The van der Waals surface area contributed by atoms with Crippen molar-refractivity contribution in [1.29, 1.82) is 0 Å². The fraction of sp³-hybridized carbons (Fsp3) is 0.375. The van der Waals surface area contributed by atoms with E-state index in [1.807, 2.05) is 6.07 Å². The molecule has 0 aliphatic carbocycles. The second-order valence-corrected chi connectivity index (χ2v) is 6.88. The zero-order valence-electron chi connectivity index (χ0n) is 13.8. The number of fused-ring (bicyclic) bond motifs is 1. The van der Waals surface area contributed by atoms with Gasteiger partial charge in [0.2, 0.25) is 0 Å². The SMILES string of the molecule is CO[C@H]1CCCN(c2nc3ccnc(Nc4cc(N)ncn4)c3s2)C1. The van der Waals surface area contributed by atoms with E-state index in [4.69, 9.17) is 15.5 Å². The predicted octanol–water partition coefficient (Wildman–Crippen LogP) is 2.42. The van der Waals surface area contributed by atoms with Gasteiger partial charge in [0, 0.05) is 32.5 Å². The molecule has 1 fully saturated rings. The Hall–Kier alpha value is -2.52. The summed E-state index contributed by atoms with van der Waals surface area (Å²) >= 11 is 1.63. The molecular formula is C16H19N7OS. The second kappa shape index (κ2) is 6.77. The third-order valence-corrected chi connectivity index (χ3v) is 5.35. The van der Waals surface area contributed by atoms with Gasteiger partial charge in [0.05, 0.1) is 16.3 Å². The van der Waals surface area contributed by atoms with E-state index in [0.717, 1.165) is 47.1 Å². The molecule has 0 radical (unpaired) electrons. The van der Waals surface area contributed by atoms with Crippen molar-refractivity contribution < 1.29 is 4.74 Å². The fourth-order valence-electron chi connectivity index (χ4n) is 2.93. The monoisotopic (exact) mass is 357 g/mol. The van der Waals surface area contributed by atoms with Gasteiger partial charge in [0.25, 0.3) is 0 Å². The zero-order valence-corrected chi connectivity index (χ0v) is 14.7. The number of anilines is 4. The van der Waals surface area contributed by atoms with E-state index in [2.05, 4.69) is 25.2 Å². The summed E-state index contributed by atoms with van der Waals surface area (Å²) in [7, 11) is 1.77. The van der Waals surface area contributed by atoms with Crippen molar-refractivity contribution in [2.45, 2.75) is 18.9 Å². The lowest BCUT2D eigenvalue weighted by Gasteiger charge is -2.31. The highest BCUT2D eigenvalue weighted by Gasteiger charge is 2.22. The van der Waals surface area contributed by atoms with Crippen LogP contribution in [0.3, 0.4) is 0 Å². The van der Waals surface area contributed by atoms with E-state index < -0.39 is 0 Å². The Morgan fingerprint density at radius 1 is 1.36 bits per heavy atom. The van der Waals surface area contributed by atoms with Crippen molar-refractivity contribution in [2.75, 3.05) is 36.1 Å². The molecule has 0 bridgehead atoms. The van der Waals surface area contributed by atoms with Crippen LogP contribution in [0.1, 0.15) is 12.8 Å². The third kappa shape index (κ3) is 3.33. The maximum atomic E-state index is 5.71. The second-order valence-electron chi connectivity index (χ2n) is 5.90. The first-order valence-corrected chi connectivity index (χ1v) is 8.92. The molecule has 130 valence electrons. The van der Waals surface area contributed by atoms with Crippen LogP contribution in [0.2, 0.25) is 0 Å². The van der Waals surface area contributed by atoms with Crippen LogP contribution in [0.25, 0.3) is 10.2 Å². The summed E-state index contributed by atoms with van der Waals surface area (Å²) in [5.41, 5.74) is 6.63. The number of pyridine rings is 1. The number of nitrogens with zero attached hydrogens (tertiary/aromatic N) is 5. The molecule has 0 aromatic carbocycles. The molecule has 0 spiro atoms. The zero-order chi connectivity index (χ0) is 17.2. The molecule has 0 amide bonds. The lowest BCUT2D eigenvalue weighted by atomic mass is 10.1. The third-order valence-electron chi connectivity index (χ3n) is 4.21. The van der Waals surface area contributed by atoms with Gasteiger partial charge in [-0.25, -0.2) is 19.9 Å². The quantitative estimate of drug-likeness (QED) is 0.734. The molecule has 1 aliphatic rings. The van der Waals surface area contributed by atoms with Crippen molar-refractivity contribution in [2.24, 2.45) is 0 Å². The average molecular weight is 357 g/mol. The van der Waals surface area contributed by atoms with Crippen LogP contribution in [-0.4, -0.2) is 46.2 Å². The Kier molecular flexibility index (Phi) is 4.33. The van der Waals surface area contributed by atoms with E-state index in [0.29, 0.717) is 11.6 Å². The Morgan fingerprint density at radius 3 is 3.12 bits per heavy atom. The lowest BCUT2D eigenvalue weighted by molar-refractivity contribution is 0.0893. The summed E-state index contributed by atoms with van der Waals surface area (Å²) in [6, 6.07) is 3.60. The number of ether oxygens (including phenoxy) is 1. The van der Waals surface area contributed by atoms with Crippen LogP contribution in [-0.2, 0) is 4.74 Å². The summed E-state index contributed by atoms with van der Waals surface area (Å²) in [6.07, 6.45) is 5.64. The van der Waals surface area contributed by atoms with Crippen molar-refractivity contribution in [3.05, 3.63) is 24.7 Å². The molecule has 3 aromatic rings. The molecule has 0 unspecified atom stereocenters. The molecular weight excluding hydrogens is 338 g/mol. The molecule has 3 aromatic heterocycles. The molecule has 1 aliphatic heterocycles. The number of aromatic nitrogens is 4. The smallest absolute Gasteiger partial charge is 0.186 e. The molecule has 3 N–H and O–H groups in total. The van der Waals surface area contributed by atoms with E-state index in [9.17, 15) is 0 Å². The number of nitrogens with two attached hydrogens (primary N) is 1. The summed E-state index contributed by atoms with van der Waals surface area (Å²) in [4.78, 5) is 19.6. The average Bonchev–Trinajstić information content (AvgIpc) is 3.07. The first-order valence-electron chi connectivity index (χ1n) is 8.11. The molecule has 1 atom stereocenters. The highest BCUT2D eigenvalue weighted by atomic mass is 32.1. The van der Waals surface area contributed by atoms with Crippen molar-refractivity contribution in [3.63, 3.8) is 0 Å². The molecule has 1 saturated heterocycles. The van der Waals surface area contributed by atoms with Gasteiger partial charge < -0.3 is 20.7 Å². The van der Waals surface area contributed by atoms with Gasteiger partial charge in [-0.05, 0) is 18.9 Å². The van der Waals surface area contributed by atoms with Crippen LogP contribution in [0.15, 0.2) is 24.7 Å². The van der Waals surface area contributed by atoms with E-state index in [1.54, 1.807) is 30.7 Å². The highest BCUT2D eigenvalue weighted by molar-refractivity contribution is 7.22.